The van der Waals surface area contributed by atoms with E-state index in [1.54, 1.807) is 0 Å². The summed E-state index contributed by atoms with van der Waals surface area (Å²) in [5.41, 5.74) is 6.00. The number of hydrogen-bond acceptors (Lipinski definition) is 1. The molecule has 0 aromatic heterocycles. The molecule has 2 heteroatoms. The molecule has 0 aromatic carbocycles. The van der Waals surface area contributed by atoms with E-state index >= 15 is 0 Å². The van der Waals surface area contributed by atoms with Crippen LogP contribution in [0.15, 0.2) is 11.6 Å². The van der Waals surface area contributed by atoms with Crippen LogP contribution in [-0.4, -0.2) is 5.91 Å². The van der Waals surface area contributed by atoms with Crippen molar-refractivity contribution in [3.8, 4) is 0 Å². The summed E-state index contributed by atoms with van der Waals surface area (Å²) in [6.45, 7) is 6.29. The molecule has 0 spiro atoms. The predicted molar refractivity (Wildman–Crippen MR) is 44.8 cm³/mol. The Bertz CT molecular complexity index is 216. The average molecular weight is 153 g/mol. The molecular formula is C9H15NO. The van der Waals surface area contributed by atoms with Crippen LogP contribution in [0.1, 0.15) is 27.2 Å². The van der Waals surface area contributed by atoms with E-state index in [1.807, 2.05) is 6.08 Å². The van der Waals surface area contributed by atoms with Gasteiger partial charge in [0, 0.05) is 5.57 Å². The molecule has 2 nitrogen and oxygen atoms in total. The Labute approximate surface area is 67.5 Å². The highest BCUT2D eigenvalue weighted by Gasteiger charge is 2.36. The third-order valence-corrected chi connectivity index (χ3v) is 2.87. The van der Waals surface area contributed by atoms with Crippen LogP contribution in [0.25, 0.3) is 0 Å². The van der Waals surface area contributed by atoms with E-state index in [0.717, 1.165) is 12.0 Å². The summed E-state index contributed by atoms with van der Waals surface area (Å²) < 4.78 is 0. The van der Waals surface area contributed by atoms with E-state index in [-0.39, 0.29) is 11.3 Å². The number of rotatable bonds is 1. The van der Waals surface area contributed by atoms with Gasteiger partial charge in [-0.3, -0.25) is 4.79 Å². The number of carbonyl (C=O) groups excluding carboxylic acids is 1. The largest absolute Gasteiger partial charge is 0.366 e. The molecule has 0 radical (unpaired) electrons. The Kier molecular flexibility index (Phi) is 1.78. The van der Waals surface area contributed by atoms with Crippen LogP contribution in [-0.2, 0) is 4.79 Å². The molecule has 1 amide bonds. The Morgan fingerprint density at radius 3 is 2.45 bits per heavy atom. The molecule has 0 aliphatic heterocycles. The van der Waals surface area contributed by atoms with Gasteiger partial charge in [-0.25, -0.2) is 0 Å². The van der Waals surface area contributed by atoms with Crippen molar-refractivity contribution < 1.29 is 4.79 Å². The minimum absolute atomic E-state index is 0.0220. The van der Waals surface area contributed by atoms with Crippen molar-refractivity contribution in [3.05, 3.63) is 11.6 Å². The number of amides is 1. The van der Waals surface area contributed by atoms with E-state index in [0.29, 0.717) is 5.92 Å². The molecule has 0 saturated carbocycles. The molecule has 0 saturated heterocycles. The summed E-state index contributed by atoms with van der Waals surface area (Å²) >= 11 is 0. The molecule has 0 bridgehead atoms. The van der Waals surface area contributed by atoms with Crippen molar-refractivity contribution in [2.24, 2.45) is 17.1 Å². The highest BCUT2D eigenvalue weighted by Crippen LogP contribution is 2.42. The van der Waals surface area contributed by atoms with Gasteiger partial charge in [-0.2, -0.15) is 0 Å². The molecule has 0 aromatic rings. The van der Waals surface area contributed by atoms with Crippen molar-refractivity contribution >= 4 is 5.91 Å². The lowest BCUT2D eigenvalue weighted by Crippen LogP contribution is -2.27. The number of allylic oxidation sites excluding steroid dienone is 1. The van der Waals surface area contributed by atoms with Gasteiger partial charge in [-0.05, 0) is 17.8 Å². The van der Waals surface area contributed by atoms with Gasteiger partial charge < -0.3 is 5.73 Å². The first-order valence-electron chi connectivity index (χ1n) is 3.96. The van der Waals surface area contributed by atoms with E-state index in [1.165, 1.54) is 0 Å². The van der Waals surface area contributed by atoms with Gasteiger partial charge in [-0.1, -0.05) is 26.8 Å². The van der Waals surface area contributed by atoms with Crippen LogP contribution in [0.4, 0.5) is 0 Å². The molecule has 1 aliphatic rings. The summed E-state index contributed by atoms with van der Waals surface area (Å²) in [5.74, 6) is 0.268. The van der Waals surface area contributed by atoms with Gasteiger partial charge >= 0.3 is 0 Å². The van der Waals surface area contributed by atoms with E-state index in [2.05, 4.69) is 20.8 Å². The Balaban J connectivity index is 2.92. The number of nitrogens with two attached hydrogens (primary N) is 1. The number of primary amides is 1. The minimum atomic E-state index is -0.264. The quantitative estimate of drug-likeness (QED) is 0.609. The maximum atomic E-state index is 10.9. The fourth-order valence-electron chi connectivity index (χ4n) is 1.54. The maximum absolute atomic E-state index is 10.9. The fraction of sp³-hybridized carbons (Fsp3) is 0.667. The van der Waals surface area contributed by atoms with E-state index < -0.39 is 0 Å². The van der Waals surface area contributed by atoms with Crippen LogP contribution < -0.4 is 5.73 Å². The second-order valence-corrected chi connectivity index (χ2v) is 3.84. The summed E-state index contributed by atoms with van der Waals surface area (Å²) in [6.07, 6.45) is 2.94. The minimum Gasteiger partial charge on any atom is -0.366 e. The first-order valence-corrected chi connectivity index (χ1v) is 3.96. The lowest BCUT2D eigenvalue weighted by Gasteiger charge is -2.26. The first kappa shape index (κ1) is 8.31. The second-order valence-electron chi connectivity index (χ2n) is 3.84. The summed E-state index contributed by atoms with van der Waals surface area (Å²) in [5, 5.41) is 0. The molecule has 62 valence electrons. The smallest absolute Gasteiger partial charge is 0.244 e. The monoisotopic (exact) mass is 153 g/mol. The normalized spacial score (nSPS) is 28.3. The summed E-state index contributed by atoms with van der Waals surface area (Å²) in [4.78, 5) is 10.9. The Morgan fingerprint density at radius 2 is 2.27 bits per heavy atom. The number of carbonyl (C=O) groups is 1. The van der Waals surface area contributed by atoms with E-state index in [4.69, 9.17) is 5.73 Å². The lowest BCUT2D eigenvalue weighted by atomic mass is 9.78. The van der Waals surface area contributed by atoms with Crippen LogP contribution in [0.2, 0.25) is 0 Å². The molecule has 2 N–H and O–H groups in total. The predicted octanol–water partition coefficient (Wildman–Crippen LogP) is 1.46. The number of hydrogen-bond donors (Lipinski definition) is 1. The maximum Gasteiger partial charge on any atom is 0.244 e. The molecule has 0 heterocycles. The van der Waals surface area contributed by atoms with E-state index in [9.17, 15) is 4.79 Å². The molecule has 1 aliphatic carbocycles. The van der Waals surface area contributed by atoms with Crippen molar-refractivity contribution in [1.29, 1.82) is 0 Å². The van der Waals surface area contributed by atoms with Crippen molar-refractivity contribution in [2.45, 2.75) is 27.2 Å². The van der Waals surface area contributed by atoms with Crippen molar-refractivity contribution in [3.63, 3.8) is 0 Å². The standard InChI is InChI=1S/C9H15NO/c1-6-4-5-7(8(10)11)9(6,2)3/h5-6H,4H2,1-3H3,(H2,10,11). The average Bonchev–Trinajstić information content (AvgIpc) is 2.08. The Hall–Kier alpha value is -0.790. The van der Waals surface area contributed by atoms with Crippen molar-refractivity contribution in [2.75, 3.05) is 0 Å². The highest BCUT2D eigenvalue weighted by molar-refractivity contribution is 5.93. The fourth-order valence-corrected chi connectivity index (χ4v) is 1.54. The van der Waals surface area contributed by atoms with Crippen LogP contribution in [0.5, 0.6) is 0 Å². The highest BCUT2D eigenvalue weighted by atomic mass is 16.1. The summed E-state index contributed by atoms with van der Waals surface area (Å²) in [6, 6.07) is 0. The van der Waals surface area contributed by atoms with Gasteiger partial charge in [0.25, 0.3) is 0 Å². The van der Waals surface area contributed by atoms with Crippen LogP contribution in [0, 0.1) is 11.3 Å². The zero-order chi connectivity index (χ0) is 8.65. The van der Waals surface area contributed by atoms with Gasteiger partial charge in [-0.15, -0.1) is 0 Å². The molecule has 1 atom stereocenters. The molecule has 11 heavy (non-hydrogen) atoms. The molecule has 1 unspecified atom stereocenters. The first-order chi connectivity index (χ1) is 4.96. The third kappa shape index (κ3) is 1.17. The van der Waals surface area contributed by atoms with Gasteiger partial charge in [0.1, 0.15) is 0 Å². The topological polar surface area (TPSA) is 43.1 Å². The van der Waals surface area contributed by atoms with Gasteiger partial charge in [0.15, 0.2) is 0 Å². The zero-order valence-electron chi connectivity index (χ0n) is 7.35. The van der Waals surface area contributed by atoms with Gasteiger partial charge in [0.2, 0.25) is 5.91 Å². The van der Waals surface area contributed by atoms with Crippen LogP contribution in [0.3, 0.4) is 0 Å². The summed E-state index contributed by atoms with van der Waals surface area (Å²) in [7, 11) is 0. The second kappa shape index (κ2) is 2.36. The van der Waals surface area contributed by atoms with Crippen LogP contribution >= 0.6 is 0 Å². The Morgan fingerprint density at radius 1 is 1.73 bits per heavy atom. The molecule has 1 rings (SSSR count). The zero-order valence-corrected chi connectivity index (χ0v) is 7.35. The molecular weight excluding hydrogens is 138 g/mol. The molecule has 0 fully saturated rings. The lowest BCUT2D eigenvalue weighted by molar-refractivity contribution is -0.115. The van der Waals surface area contributed by atoms with Crippen molar-refractivity contribution in [1.82, 2.24) is 0 Å². The third-order valence-electron chi connectivity index (χ3n) is 2.87. The van der Waals surface area contributed by atoms with Gasteiger partial charge in [0.05, 0.1) is 0 Å². The SMILES string of the molecule is CC1CC=C(C(N)=O)C1(C)C.